The average Bonchev–Trinajstić information content (AvgIpc) is 2.84. The zero-order valence-corrected chi connectivity index (χ0v) is 15.8. The largest absolute Gasteiger partial charge is 0.444 e. The molecule has 27 heavy (non-hydrogen) atoms. The number of aliphatic hydroxyl groups excluding tert-OH is 1. The molecule has 1 unspecified atom stereocenters. The zero-order chi connectivity index (χ0) is 19.8. The lowest BCUT2D eigenvalue weighted by Crippen LogP contribution is -2.45. The molecule has 1 aromatic rings. The van der Waals surface area contributed by atoms with Crippen molar-refractivity contribution in [2.75, 3.05) is 19.6 Å². The maximum absolute atomic E-state index is 12.4. The third-order valence-corrected chi connectivity index (χ3v) is 4.56. The number of aliphatic hydroxyl groups is 1. The summed E-state index contributed by atoms with van der Waals surface area (Å²) in [5.74, 6) is -0.652. The molecule has 0 bridgehead atoms. The van der Waals surface area contributed by atoms with Crippen LogP contribution in [-0.4, -0.2) is 64.2 Å². The van der Waals surface area contributed by atoms with E-state index in [4.69, 9.17) is 4.74 Å². The Bertz CT molecular complexity index is 774. The number of likely N-dealkylation sites (tertiary alicyclic amines) is 1. The van der Waals surface area contributed by atoms with Crippen LogP contribution in [0.25, 0.3) is 0 Å². The smallest absolute Gasteiger partial charge is 0.410 e. The standard InChI is InChI=1S/C20H24N2O5/c1-20(2,3)27-19(26)21-10-8-13(16(23)12-21)9-11-22-17(24)14-6-4-5-7-15(14)18(22)25/h4-7,9,16,23H,8,10-12H2,1-3H3/b13-9+. The normalized spacial score (nSPS) is 21.6. The number of rotatable bonds is 2. The van der Waals surface area contributed by atoms with Crippen molar-refractivity contribution in [3.63, 3.8) is 0 Å². The number of fused-ring (bicyclic) bond motifs is 1. The number of benzene rings is 1. The van der Waals surface area contributed by atoms with Gasteiger partial charge in [0.05, 0.1) is 23.8 Å². The maximum Gasteiger partial charge on any atom is 0.410 e. The molecule has 0 aromatic heterocycles. The van der Waals surface area contributed by atoms with Gasteiger partial charge in [0.1, 0.15) is 5.60 Å². The fourth-order valence-electron chi connectivity index (χ4n) is 3.19. The molecule has 1 fully saturated rings. The lowest BCUT2D eigenvalue weighted by atomic mass is 10.0. The predicted molar refractivity (Wildman–Crippen MR) is 98.3 cm³/mol. The van der Waals surface area contributed by atoms with Crippen molar-refractivity contribution in [2.45, 2.75) is 38.9 Å². The van der Waals surface area contributed by atoms with Crippen LogP contribution in [0.1, 0.15) is 47.9 Å². The SMILES string of the molecule is CC(C)(C)OC(=O)N1CC/C(=C\CN2C(=O)c3ccccc3C2=O)C(O)C1. The molecular weight excluding hydrogens is 348 g/mol. The number of hydrogen-bond acceptors (Lipinski definition) is 5. The first-order valence-electron chi connectivity index (χ1n) is 8.97. The minimum absolute atomic E-state index is 0.102. The van der Waals surface area contributed by atoms with Gasteiger partial charge in [-0.15, -0.1) is 0 Å². The van der Waals surface area contributed by atoms with Crippen LogP contribution >= 0.6 is 0 Å². The second-order valence-corrected chi connectivity index (χ2v) is 7.74. The number of carbonyl (C=O) groups is 3. The topological polar surface area (TPSA) is 87.2 Å². The third-order valence-electron chi connectivity index (χ3n) is 4.56. The van der Waals surface area contributed by atoms with Crippen LogP contribution in [0.5, 0.6) is 0 Å². The molecule has 0 spiro atoms. The molecule has 0 radical (unpaired) electrons. The summed E-state index contributed by atoms with van der Waals surface area (Å²) in [5, 5.41) is 10.4. The van der Waals surface area contributed by atoms with Crippen molar-refractivity contribution >= 4 is 17.9 Å². The van der Waals surface area contributed by atoms with Crippen molar-refractivity contribution < 1.29 is 24.2 Å². The first-order valence-corrected chi connectivity index (χ1v) is 8.97. The van der Waals surface area contributed by atoms with Crippen molar-refractivity contribution in [2.24, 2.45) is 0 Å². The van der Waals surface area contributed by atoms with Crippen LogP contribution in [0, 0.1) is 0 Å². The van der Waals surface area contributed by atoms with Crippen molar-refractivity contribution in [1.82, 2.24) is 9.80 Å². The van der Waals surface area contributed by atoms with Crippen LogP contribution < -0.4 is 0 Å². The van der Waals surface area contributed by atoms with Crippen molar-refractivity contribution in [3.8, 4) is 0 Å². The first kappa shape index (κ1) is 19.1. The Kier molecular flexibility index (Phi) is 5.06. The number of piperidine rings is 1. The number of β-amino-alcohol motifs (C(OH)–C–C–N with tert-alkyl or cyclic N) is 1. The quantitative estimate of drug-likeness (QED) is 0.635. The molecule has 144 valence electrons. The Balaban J connectivity index is 1.62. The number of imide groups is 1. The van der Waals surface area contributed by atoms with Crippen molar-refractivity contribution in [1.29, 1.82) is 0 Å². The summed E-state index contributed by atoms with van der Waals surface area (Å²) >= 11 is 0. The molecule has 0 saturated carbocycles. The summed E-state index contributed by atoms with van der Waals surface area (Å²) in [4.78, 5) is 39.5. The highest BCUT2D eigenvalue weighted by molar-refractivity contribution is 6.21. The summed E-state index contributed by atoms with van der Waals surface area (Å²) in [6.07, 6.45) is 0.866. The molecule has 0 aliphatic carbocycles. The average molecular weight is 372 g/mol. The molecule has 1 N–H and O–H groups in total. The lowest BCUT2D eigenvalue weighted by Gasteiger charge is -2.33. The van der Waals surface area contributed by atoms with Gasteiger partial charge in [-0.05, 0) is 44.9 Å². The van der Waals surface area contributed by atoms with Gasteiger partial charge in [-0.3, -0.25) is 14.5 Å². The van der Waals surface area contributed by atoms with Gasteiger partial charge in [0.25, 0.3) is 11.8 Å². The van der Waals surface area contributed by atoms with E-state index in [1.54, 1.807) is 51.1 Å². The molecule has 1 aromatic carbocycles. The molecule has 7 nitrogen and oxygen atoms in total. The minimum Gasteiger partial charge on any atom is -0.444 e. The van der Waals surface area contributed by atoms with Crippen LogP contribution in [0.15, 0.2) is 35.9 Å². The highest BCUT2D eigenvalue weighted by atomic mass is 16.6. The van der Waals surface area contributed by atoms with E-state index in [9.17, 15) is 19.5 Å². The van der Waals surface area contributed by atoms with E-state index in [0.29, 0.717) is 29.7 Å². The third kappa shape index (κ3) is 4.03. The van der Waals surface area contributed by atoms with Crippen LogP contribution in [0.3, 0.4) is 0 Å². The number of hydrogen-bond donors (Lipinski definition) is 1. The Hall–Kier alpha value is -2.67. The lowest BCUT2D eigenvalue weighted by molar-refractivity contribution is 0.0124. The van der Waals surface area contributed by atoms with E-state index in [1.165, 1.54) is 9.80 Å². The van der Waals surface area contributed by atoms with Gasteiger partial charge in [-0.25, -0.2) is 4.79 Å². The Morgan fingerprint density at radius 3 is 2.33 bits per heavy atom. The van der Waals surface area contributed by atoms with E-state index >= 15 is 0 Å². The Morgan fingerprint density at radius 1 is 1.22 bits per heavy atom. The van der Waals surface area contributed by atoms with Gasteiger partial charge in [-0.1, -0.05) is 18.2 Å². The van der Waals surface area contributed by atoms with Crippen LogP contribution in [0.2, 0.25) is 0 Å². The fourth-order valence-corrected chi connectivity index (χ4v) is 3.19. The van der Waals surface area contributed by atoms with Gasteiger partial charge in [0, 0.05) is 13.1 Å². The summed E-state index contributed by atoms with van der Waals surface area (Å²) in [6.45, 7) is 6.02. The monoisotopic (exact) mass is 372 g/mol. The van der Waals surface area contributed by atoms with Gasteiger partial charge in [-0.2, -0.15) is 0 Å². The van der Waals surface area contributed by atoms with E-state index in [0.717, 1.165) is 0 Å². The van der Waals surface area contributed by atoms with Gasteiger partial charge >= 0.3 is 6.09 Å². The molecular formula is C20H24N2O5. The van der Waals surface area contributed by atoms with E-state index < -0.39 is 17.8 Å². The summed E-state index contributed by atoms with van der Waals surface area (Å²) in [6, 6.07) is 6.72. The second kappa shape index (κ2) is 7.15. The molecule has 7 heteroatoms. The molecule has 2 aliphatic heterocycles. The first-order chi connectivity index (χ1) is 12.7. The summed E-state index contributed by atoms with van der Waals surface area (Å²) in [5.41, 5.74) is 0.928. The van der Waals surface area contributed by atoms with Crippen LogP contribution in [0.4, 0.5) is 4.79 Å². The highest BCUT2D eigenvalue weighted by Crippen LogP contribution is 2.24. The summed E-state index contributed by atoms with van der Waals surface area (Å²) < 4.78 is 5.32. The molecule has 1 saturated heterocycles. The Labute approximate surface area is 158 Å². The Morgan fingerprint density at radius 2 is 1.81 bits per heavy atom. The summed E-state index contributed by atoms with van der Waals surface area (Å²) in [7, 11) is 0. The van der Waals surface area contributed by atoms with E-state index in [-0.39, 0.29) is 24.9 Å². The maximum atomic E-state index is 12.4. The van der Waals surface area contributed by atoms with Crippen molar-refractivity contribution in [3.05, 3.63) is 47.0 Å². The number of amides is 3. The van der Waals surface area contributed by atoms with Gasteiger partial charge < -0.3 is 14.7 Å². The molecule has 3 amide bonds. The number of carbonyl (C=O) groups excluding carboxylic acids is 3. The molecule has 3 rings (SSSR count). The highest BCUT2D eigenvalue weighted by Gasteiger charge is 2.35. The zero-order valence-electron chi connectivity index (χ0n) is 15.8. The van der Waals surface area contributed by atoms with Gasteiger partial charge in [0.2, 0.25) is 0 Å². The molecule has 2 heterocycles. The van der Waals surface area contributed by atoms with Gasteiger partial charge in [0.15, 0.2) is 0 Å². The number of ether oxygens (including phenoxy) is 1. The van der Waals surface area contributed by atoms with Crippen LogP contribution in [-0.2, 0) is 4.74 Å². The fraction of sp³-hybridized carbons (Fsp3) is 0.450. The number of nitrogens with zero attached hydrogens (tertiary/aromatic N) is 2. The predicted octanol–water partition coefficient (Wildman–Crippen LogP) is 2.21. The minimum atomic E-state index is -0.846. The van der Waals surface area contributed by atoms with E-state index in [1.807, 2.05) is 0 Å². The molecule has 2 aliphatic rings. The molecule has 1 atom stereocenters. The van der Waals surface area contributed by atoms with E-state index in [2.05, 4.69) is 0 Å². The second-order valence-electron chi connectivity index (χ2n) is 7.74.